The summed E-state index contributed by atoms with van der Waals surface area (Å²) in [6.45, 7) is 6.88. The molecule has 0 radical (unpaired) electrons. The van der Waals surface area contributed by atoms with Gasteiger partial charge in [-0.05, 0) is 59.2 Å². The van der Waals surface area contributed by atoms with E-state index in [0.717, 1.165) is 38.1 Å². The molecule has 4 aromatic carbocycles. The minimum atomic E-state index is -0.333. The van der Waals surface area contributed by atoms with E-state index in [4.69, 9.17) is 26.7 Å². The van der Waals surface area contributed by atoms with Crippen molar-refractivity contribution < 1.29 is 4.39 Å². The number of rotatable bonds is 7. The van der Waals surface area contributed by atoms with Crippen LogP contribution in [0.4, 0.5) is 21.8 Å². The first-order chi connectivity index (χ1) is 19.7. The third kappa shape index (κ3) is 5.72. The van der Waals surface area contributed by atoms with E-state index in [1.807, 2.05) is 54.6 Å². The molecule has 0 aliphatic heterocycles. The maximum Gasteiger partial charge on any atom is 0.175 e. The molecule has 2 aromatic heterocycles. The van der Waals surface area contributed by atoms with Crippen molar-refractivity contribution >= 4 is 50.9 Å². The predicted molar refractivity (Wildman–Crippen MR) is 166 cm³/mol. The van der Waals surface area contributed by atoms with Crippen LogP contribution in [0.15, 0.2) is 91.0 Å². The van der Waals surface area contributed by atoms with Gasteiger partial charge in [0.1, 0.15) is 11.6 Å². The SMILES string of the molecule is CC(C)(C)c1cc(Nc2nc3cc4ccccc4cc3nc2NCCc2ccccc2Cl)n(-c2cccc(F)c2)n1. The van der Waals surface area contributed by atoms with Crippen molar-refractivity contribution in [2.45, 2.75) is 32.6 Å². The van der Waals surface area contributed by atoms with E-state index in [0.29, 0.717) is 36.1 Å². The number of nitrogens with one attached hydrogen (secondary N) is 2. The molecule has 0 amide bonds. The molecule has 2 N–H and O–H groups in total. The molecule has 6 aromatic rings. The van der Waals surface area contributed by atoms with Crippen molar-refractivity contribution in [3.05, 3.63) is 113 Å². The van der Waals surface area contributed by atoms with Crippen molar-refractivity contribution in [1.29, 1.82) is 0 Å². The fourth-order valence-electron chi connectivity index (χ4n) is 4.73. The minimum absolute atomic E-state index is 0.223. The Morgan fingerprint density at radius 2 is 1.49 bits per heavy atom. The Labute approximate surface area is 243 Å². The summed E-state index contributed by atoms with van der Waals surface area (Å²) < 4.78 is 15.9. The number of anilines is 3. The summed E-state index contributed by atoms with van der Waals surface area (Å²) in [7, 11) is 0. The first-order valence-electron chi connectivity index (χ1n) is 13.6. The summed E-state index contributed by atoms with van der Waals surface area (Å²) in [5, 5.41) is 14.7. The average Bonchev–Trinajstić information content (AvgIpc) is 3.38. The Hall–Kier alpha value is -4.49. The van der Waals surface area contributed by atoms with Crippen LogP contribution in [0.1, 0.15) is 32.0 Å². The first kappa shape index (κ1) is 26.7. The number of hydrogen-bond donors (Lipinski definition) is 2. The fourth-order valence-corrected chi connectivity index (χ4v) is 4.96. The molecule has 0 unspecified atom stereocenters. The van der Waals surface area contributed by atoms with Crippen molar-refractivity contribution in [1.82, 2.24) is 19.7 Å². The maximum absolute atomic E-state index is 14.2. The molecule has 6 nitrogen and oxygen atoms in total. The van der Waals surface area contributed by atoms with Gasteiger partial charge in [-0.1, -0.05) is 80.9 Å². The van der Waals surface area contributed by atoms with Gasteiger partial charge in [0.05, 0.1) is 22.4 Å². The van der Waals surface area contributed by atoms with Crippen molar-refractivity contribution in [3.8, 4) is 5.69 Å². The number of nitrogens with zero attached hydrogens (tertiary/aromatic N) is 4. The normalized spacial score (nSPS) is 11.7. The Kier molecular flexibility index (Phi) is 7.05. The molecule has 0 atom stereocenters. The molecular formula is C33H30ClFN6. The van der Waals surface area contributed by atoms with Gasteiger partial charge in [-0.15, -0.1) is 0 Å². The highest BCUT2D eigenvalue weighted by molar-refractivity contribution is 6.31. The van der Waals surface area contributed by atoms with Gasteiger partial charge >= 0.3 is 0 Å². The van der Waals surface area contributed by atoms with E-state index < -0.39 is 0 Å². The van der Waals surface area contributed by atoms with Crippen LogP contribution in [-0.2, 0) is 11.8 Å². The number of fused-ring (bicyclic) bond motifs is 2. The van der Waals surface area contributed by atoms with E-state index >= 15 is 0 Å². The van der Waals surface area contributed by atoms with Gasteiger partial charge in [-0.25, -0.2) is 19.0 Å². The summed E-state index contributed by atoms with van der Waals surface area (Å²) >= 11 is 6.40. The highest BCUT2D eigenvalue weighted by atomic mass is 35.5. The van der Waals surface area contributed by atoms with Gasteiger partial charge in [0.2, 0.25) is 0 Å². The average molecular weight is 565 g/mol. The zero-order chi connectivity index (χ0) is 28.6. The predicted octanol–water partition coefficient (Wildman–Crippen LogP) is 8.46. The number of hydrogen-bond acceptors (Lipinski definition) is 5. The molecule has 0 saturated carbocycles. The van der Waals surface area contributed by atoms with Gasteiger partial charge in [0.15, 0.2) is 11.6 Å². The standard InChI is InChI=1S/C33H30ClFN6/c1-33(2,3)29-20-30(41(40-29)25-13-8-12-24(35)19-25)39-32-31(36-16-15-21-9-6-7-14-26(21)34)37-27-17-22-10-4-5-11-23(22)18-28(27)38-32/h4-14,17-20H,15-16H2,1-3H3,(H,36,37)(H,38,39). The highest BCUT2D eigenvalue weighted by Gasteiger charge is 2.22. The van der Waals surface area contributed by atoms with Crippen LogP contribution in [-0.4, -0.2) is 26.3 Å². The summed E-state index contributed by atoms with van der Waals surface area (Å²) in [6, 6.07) is 28.4. The van der Waals surface area contributed by atoms with E-state index in [2.05, 4.69) is 49.6 Å². The van der Waals surface area contributed by atoms with E-state index in [1.54, 1.807) is 10.7 Å². The summed E-state index contributed by atoms with van der Waals surface area (Å²) in [5.41, 5.74) is 3.83. The molecule has 0 aliphatic rings. The topological polar surface area (TPSA) is 67.7 Å². The lowest BCUT2D eigenvalue weighted by Gasteiger charge is -2.15. The zero-order valence-corrected chi connectivity index (χ0v) is 23.9. The van der Waals surface area contributed by atoms with Gasteiger partial charge in [-0.3, -0.25) is 0 Å². The summed E-state index contributed by atoms with van der Waals surface area (Å²) in [5.74, 6) is 1.47. The molecule has 0 spiro atoms. The fraction of sp³-hybridized carbons (Fsp3) is 0.182. The molecule has 6 rings (SSSR count). The lowest BCUT2D eigenvalue weighted by molar-refractivity contribution is 0.560. The maximum atomic E-state index is 14.2. The summed E-state index contributed by atoms with van der Waals surface area (Å²) in [4.78, 5) is 10.00. The lowest BCUT2D eigenvalue weighted by Crippen LogP contribution is -2.13. The zero-order valence-electron chi connectivity index (χ0n) is 23.1. The second-order valence-corrected chi connectivity index (χ2v) is 11.5. The Balaban J connectivity index is 1.43. The molecule has 41 heavy (non-hydrogen) atoms. The molecule has 0 saturated heterocycles. The molecular weight excluding hydrogens is 535 g/mol. The van der Waals surface area contributed by atoms with E-state index in [-0.39, 0.29) is 11.2 Å². The Morgan fingerprint density at radius 3 is 2.17 bits per heavy atom. The third-order valence-corrected chi connectivity index (χ3v) is 7.32. The van der Waals surface area contributed by atoms with Crippen molar-refractivity contribution in [2.24, 2.45) is 0 Å². The molecule has 0 aliphatic carbocycles. The highest BCUT2D eigenvalue weighted by Crippen LogP contribution is 2.32. The number of aromatic nitrogens is 4. The Morgan fingerprint density at radius 1 is 0.805 bits per heavy atom. The van der Waals surface area contributed by atoms with Crippen LogP contribution >= 0.6 is 11.6 Å². The van der Waals surface area contributed by atoms with E-state index in [1.165, 1.54) is 12.1 Å². The van der Waals surface area contributed by atoms with Crippen LogP contribution in [0.5, 0.6) is 0 Å². The van der Waals surface area contributed by atoms with Crippen LogP contribution in [0.3, 0.4) is 0 Å². The van der Waals surface area contributed by atoms with E-state index in [9.17, 15) is 4.39 Å². The van der Waals surface area contributed by atoms with Crippen molar-refractivity contribution in [3.63, 3.8) is 0 Å². The second kappa shape index (κ2) is 10.8. The van der Waals surface area contributed by atoms with Crippen molar-refractivity contribution in [2.75, 3.05) is 17.2 Å². The molecule has 8 heteroatoms. The smallest absolute Gasteiger partial charge is 0.175 e. The number of benzene rings is 4. The van der Waals surface area contributed by atoms with Crippen LogP contribution in [0, 0.1) is 5.82 Å². The quantitative estimate of drug-likeness (QED) is 0.190. The third-order valence-electron chi connectivity index (χ3n) is 6.95. The van der Waals surface area contributed by atoms with Gasteiger partial charge in [0, 0.05) is 23.0 Å². The second-order valence-electron chi connectivity index (χ2n) is 11.1. The summed E-state index contributed by atoms with van der Waals surface area (Å²) in [6.07, 6.45) is 0.714. The largest absolute Gasteiger partial charge is 0.367 e. The molecule has 2 heterocycles. The molecule has 0 bridgehead atoms. The first-order valence-corrected chi connectivity index (χ1v) is 13.9. The Bertz CT molecular complexity index is 1870. The van der Waals surface area contributed by atoms with Crippen LogP contribution < -0.4 is 10.6 Å². The number of halogens is 2. The van der Waals surface area contributed by atoms with Gasteiger partial charge < -0.3 is 10.6 Å². The molecule has 206 valence electrons. The molecule has 0 fully saturated rings. The van der Waals surface area contributed by atoms with Gasteiger partial charge in [-0.2, -0.15) is 5.10 Å². The minimum Gasteiger partial charge on any atom is -0.367 e. The van der Waals surface area contributed by atoms with Crippen LogP contribution in [0.2, 0.25) is 5.02 Å². The van der Waals surface area contributed by atoms with Gasteiger partial charge in [0.25, 0.3) is 0 Å². The monoisotopic (exact) mass is 564 g/mol. The van der Waals surface area contributed by atoms with Crippen LogP contribution in [0.25, 0.3) is 27.5 Å². The lowest BCUT2D eigenvalue weighted by atomic mass is 9.92.